The lowest BCUT2D eigenvalue weighted by Crippen LogP contribution is -1.88. The van der Waals surface area contributed by atoms with Crippen molar-refractivity contribution in [3.8, 4) is 0 Å². The molecule has 0 saturated heterocycles. The molecule has 0 N–H and O–H groups in total. The van der Waals surface area contributed by atoms with E-state index in [0.717, 1.165) is 22.8 Å². The second kappa shape index (κ2) is 6.56. The zero-order chi connectivity index (χ0) is 17.3. The molecule has 0 unspecified atom stereocenters. The van der Waals surface area contributed by atoms with Crippen molar-refractivity contribution in [1.29, 1.82) is 0 Å². The molecule has 0 aliphatic rings. The van der Waals surface area contributed by atoms with Gasteiger partial charge in [0.05, 0.1) is 11.4 Å². The summed E-state index contributed by atoms with van der Waals surface area (Å²) in [5.74, 6) is 1.63. The summed E-state index contributed by atoms with van der Waals surface area (Å²) in [5.41, 5.74) is 5.23. The molecule has 3 aromatic rings. The van der Waals surface area contributed by atoms with Gasteiger partial charge in [-0.05, 0) is 48.1 Å². The van der Waals surface area contributed by atoms with E-state index in [-0.39, 0.29) is 0 Å². The number of hydrogen-bond donors (Lipinski definition) is 0. The summed E-state index contributed by atoms with van der Waals surface area (Å²) < 4.78 is 2.02. The standard InChI is InChI=1S/C20H24N4/c1-13(2)16-7-9-17(10-8-16)22-23-20-19(14(3)4)21-18-11-6-15(5)12-24(18)20/h6-14H,1-5H3. The van der Waals surface area contributed by atoms with Crippen LogP contribution in [0, 0.1) is 6.92 Å². The van der Waals surface area contributed by atoms with Gasteiger partial charge >= 0.3 is 0 Å². The van der Waals surface area contributed by atoms with Crippen LogP contribution in [0.1, 0.15) is 56.4 Å². The van der Waals surface area contributed by atoms with Crippen molar-refractivity contribution >= 4 is 17.2 Å². The molecule has 0 radical (unpaired) electrons. The fraction of sp³-hybridized carbons (Fsp3) is 0.350. The van der Waals surface area contributed by atoms with Crippen molar-refractivity contribution in [1.82, 2.24) is 9.38 Å². The highest BCUT2D eigenvalue weighted by Crippen LogP contribution is 2.30. The summed E-state index contributed by atoms with van der Waals surface area (Å²) in [6, 6.07) is 12.3. The van der Waals surface area contributed by atoms with Gasteiger partial charge in [-0.3, -0.25) is 4.40 Å². The van der Waals surface area contributed by atoms with Gasteiger partial charge in [-0.25, -0.2) is 4.98 Å². The number of imidazole rings is 1. The fourth-order valence-electron chi connectivity index (χ4n) is 2.67. The van der Waals surface area contributed by atoms with Crippen LogP contribution in [-0.4, -0.2) is 9.38 Å². The van der Waals surface area contributed by atoms with Crippen LogP contribution in [0.4, 0.5) is 11.5 Å². The number of hydrogen-bond acceptors (Lipinski definition) is 3. The van der Waals surface area contributed by atoms with Crippen LogP contribution in [0.2, 0.25) is 0 Å². The van der Waals surface area contributed by atoms with Gasteiger partial charge in [0.2, 0.25) is 0 Å². The minimum Gasteiger partial charge on any atom is -0.283 e. The molecule has 124 valence electrons. The van der Waals surface area contributed by atoms with Crippen molar-refractivity contribution in [2.75, 3.05) is 0 Å². The largest absolute Gasteiger partial charge is 0.283 e. The maximum Gasteiger partial charge on any atom is 0.183 e. The Balaban J connectivity index is 2.01. The first kappa shape index (κ1) is 16.4. The van der Waals surface area contributed by atoms with Gasteiger partial charge in [0.25, 0.3) is 0 Å². The molecule has 0 aliphatic carbocycles. The zero-order valence-electron chi connectivity index (χ0n) is 15.0. The number of aryl methyl sites for hydroxylation is 1. The van der Waals surface area contributed by atoms with Gasteiger partial charge in [0.1, 0.15) is 5.65 Å². The second-order valence-corrected chi connectivity index (χ2v) is 6.86. The Labute approximate surface area is 143 Å². The third kappa shape index (κ3) is 3.23. The molecule has 3 rings (SSSR count). The summed E-state index contributed by atoms with van der Waals surface area (Å²) in [4.78, 5) is 4.71. The highest BCUT2D eigenvalue weighted by molar-refractivity contribution is 5.54. The van der Waals surface area contributed by atoms with Crippen LogP contribution in [-0.2, 0) is 0 Å². The molecule has 4 nitrogen and oxygen atoms in total. The van der Waals surface area contributed by atoms with Crippen LogP contribution < -0.4 is 0 Å². The Hall–Kier alpha value is -2.49. The molecule has 1 aromatic carbocycles. The molecular weight excluding hydrogens is 296 g/mol. The molecular formula is C20H24N4. The maximum absolute atomic E-state index is 4.71. The number of fused-ring (bicyclic) bond motifs is 1. The first-order valence-corrected chi connectivity index (χ1v) is 8.46. The summed E-state index contributed by atoms with van der Waals surface area (Å²) in [6.07, 6.45) is 2.06. The normalized spacial score (nSPS) is 12.1. The molecule has 2 aromatic heterocycles. The third-order valence-corrected chi connectivity index (χ3v) is 4.13. The first-order valence-electron chi connectivity index (χ1n) is 8.46. The number of pyridine rings is 1. The fourth-order valence-corrected chi connectivity index (χ4v) is 2.67. The van der Waals surface area contributed by atoms with Crippen LogP contribution in [0.25, 0.3) is 5.65 Å². The van der Waals surface area contributed by atoms with E-state index in [1.165, 1.54) is 11.1 Å². The van der Waals surface area contributed by atoms with E-state index in [1.54, 1.807) is 0 Å². The Bertz CT molecular complexity index is 871. The lowest BCUT2D eigenvalue weighted by molar-refractivity contribution is 0.831. The number of benzene rings is 1. The van der Waals surface area contributed by atoms with Gasteiger partial charge in [-0.2, -0.15) is 0 Å². The van der Waals surface area contributed by atoms with Gasteiger partial charge < -0.3 is 0 Å². The quantitative estimate of drug-likeness (QED) is 0.520. The highest BCUT2D eigenvalue weighted by Gasteiger charge is 2.15. The minimum atomic E-state index is 0.294. The second-order valence-electron chi connectivity index (χ2n) is 6.86. The van der Waals surface area contributed by atoms with Crippen molar-refractivity contribution in [2.45, 2.75) is 46.5 Å². The highest BCUT2D eigenvalue weighted by atomic mass is 15.2. The molecule has 24 heavy (non-hydrogen) atoms. The Kier molecular flexibility index (Phi) is 4.47. The lowest BCUT2D eigenvalue weighted by atomic mass is 10.0. The van der Waals surface area contributed by atoms with E-state index in [0.29, 0.717) is 11.8 Å². The van der Waals surface area contributed by atoms with Crippen molar-refractivity contribution < 1.29 is 0 Å². The summed E-state index contributed by atoms with van der Waals surface area (Å²) >= 11 is 0. The number of rotatable bonds is 4. The predicted molar refractivity (Wildman–Crippen MR) is 98.7 cm³/mol. The molecule has 0 aliphatic heterocycles. The van der Waals surface area contributed by atoms with E-state index in [2.05, 4.69) is 69.2 Å². The molecule has 4 heteroatoms. The Morgan fingerprint density at radius 3 is 2.21 bits per heavy atom. The SMILES string of the molecule is Cc1ccc2nc(C(C)C)c(N=Nc3ccc(C(C)C)cc3)n2c1. The topological polar surface area (TPSA) is 42.0 Å². The average Bonchev–Trinajstić information content (AvgIpc) is 2.91. The Morgan fingerprint density at radius 1 is 0.875 bits per heavy atom. The average molecular weight is 320 g/mol. The number of nitrogens with zero attached hydrogens (tertiary/aromatic N) is 4. The number of azo groups is 1. The predicted octanol–water partition coefficient (Wildman–Crippen LogP) is 6.30. The molecule has 0 fully saturated rings. The summed E-state index contributed by atoms with van der Waals surface area (Å²) in [7, 11) is 0. The third-order valence-electron chi connectivity index (χ3n) is 4.13. The monoisotopic (exact) mass is 320 g/mol. The minimum absolute atomic E-state index is 0.294. The summed E-state index contributed by atoms with van der Waals surface area (Å²) in [6.45, 7) is 10.7. The van der Waals surface area contributed by atoms with Crippen LogP contribution in [0.5, 0.6) is 0 Å². The van der Waals surface area contributed by atoms with Crippen LogP contribution in [0.3, 0.4) is 0 Å². The maximum atomic E-state index is 4.71. The van der Waals surface area contributed by atoms with Gasteiger partial charge in [-0.15, -0.1) is 10.2 Å². The summed E-state index contributed by atoms with van der Waals surface area (Å²) in [5, 5.41) is 8.96. The van der Waals surface area contributed by atoms with Crippen LogP contribution in [0.15, 0.2) is 52.8 Å². The van der Waals surface area contributed by atoms with E-state index in [1.807, 2.05) is 22.6 Å². The molecule has 0 atom stereocenters. The van der Waals surface area contributed by atoms with Gasteiger partial charge in [0.15, 0.2) is 5.82 Å². The van der Waals surface area contributed by atoms with E-state index in [4.69, 9.17) is 4.98 Å². The molecule has 0 amide bonds. The van der Waals surface area contributed by atoms with E-state index in [9.17, 15) is 0 Å². The van der Waals surface area contributed by atoms with Crippen molar-refractivity contribution in [3.05, 3.63) is 59.4 Å². The first-order chi connectivity index (χ1) is 11.5. The molecule has 0 bridgehead atoms. The lowest BCUT2D eigenvalue weighted by Gasteiger charge is -2.04. The number of aromatic nitrogens is 2. The van der Waals surface area contributed by atoms with E-state index >= 15 is 0 Å². The van der Waals surface area contributed by atoms with Crippen molar-refractivity contribution in [2.24, 2.45) is 10.2 Å². The van der Waals surface area contributed by atoms with E-state index < -0.39 is 0 Å². The molecule has 0 spiro atoms. The van der Waals surface area contributed by atoms with Gasteiger partial charge in [0, 0.05) is 6.20 Å². The Morgan fingerprint density at radius 2 is 1.58 bits per heavy atom. The van der Waals surface area contributed by atoms with Gasteiger partial charge in [-0.1, -0.05) is 45.9 Å². The zero-order valence-corrected chi connectivity index (χ0v) is 15.0. The molecule has 0 saturated carbocycles. The van der Waals surface area contributed by atoms with Crippen LogP contribution >= 0.6 is 0 Å². The van der Waals surface area contributed by atoms with Crippen molar-refractivity contribution in [3.63, 3.8) is 0 Å². The molecule has 2 heterocycles. The smallest absolute Gasteiger partial charge is 0.183 e.